The van der Waals surface area contributed by atoms with Crippen LogP contribution in [0.2, 0.25) is 0 Å². The molecule has 0 spiro atoms. The molecule has 0 aliphatic carbocycles. The van der Waals surface area contributed by atoms with E-state index in [-0.39, 0.29) is 0 Å². The summed E-state index contributed by atoms with van der Waals surface area (Å²) in [5.74, 6) is 0.702. The minimum Gasteiger partial charge on any atom is -0.326 e. The third-order valence-electron chi connectivity index (χ3n) is 3.45. The van der Waals surface area contributed by atoms with Crippen LogP contribution in [0.25, 0.3) is 11.1 Å². The molecule has 0 aliphatic heterocycles. The van der Waals surface area contributed by atoms with Crippen molar-refractivity contribution in [3.8, 4) is 11.1 Å². The number of aryl methyl sites for hydroxylation is 1. The van der Waals surface area contributed by atoms with Crippen LogP contribution in [0.5, 0.6) is 0 Å². The molecule has 2 N–H and O–H groups in total. The minimum absolute atomic E-state index is 0.596. The fourth-order valence-corrected chi connectivity index (χ4v) is 2.40. The molecular weight excluding hydrogens is 230 g/mol. The van der Waals surface area contributed by atoms with Gasteiger partial charge in [-0.05, 0) is 53.1 Å². The third-order valence-corrected chi connectivity index (χ3v) is 3.45. The Morgan fingerprint density at radius 3 is 2.16 bits per heavy atom. The third kappa shape index (κ3) is 3.45. The van der Waals surface area contributed by atoms with Crippen molar-refractivity contribution >= 4 is 0 Å². The second-order valence-electron chi connectivity index (χ2n) is 5.65. The van der Waals surface area contributed by atoms with E-state index in [1.807, 2.05) is 0 Å². The Labute approximate surface area is 116 Å². The second kappa shape index (κ2) is 6.03. The molecule has 0 aromatic heterocycles. The van der Waals surface area contributed by atoms with Crippen LogP contribution >= 0.6 is 0 Å². The number of benzene rings is 2. The monoisotopic (exact) mass is 253 g/mol. The van der Waals surface area contributed by atoms with Gasteiger partial charge < -0.3 is 5.73 Å². The number of nitrogens with two attached hydrogens (primary N) is 1. The highest BCUT2D eigenvalue weighted by atomic mass is 14.5. The predicted octanol–water partition coefficient (Wildman–Crippen LogP) is 4.32. The van der Waals surface area contributed by atoms with E-state index in [1.165, 1.54) is 27.8 Å². The smallest absolute Gasteiger partial charge is 0.0178 e. The van der Waals surface area contributed by atoms with Crippen LogP contribution in [-0.4, -0.2) is 0 Å². The van der Waals surface area contributed by atoms with E-state index >= 15 is 0 Å². The van der Waals surface area contributed by atoms with Crippen molar-refractivity contribution in [2.75, 3.05) is 0 Å². The van der Waals surface area contributed by atoms with Crippen LogP contribution in [0.1, 0.15) is 30.5 Å². The molecule has 0 aliphatic rings. The van der Waals surface area contributed by atoms with Gasteiger partial charge in [0.05, 0.1) is 0 Å². The number of hydrogen-bond donors (Lipinski definition) is 1. The zero-order chi connectivity index (χ0) is 13.8. The molecule has 19 heavy (non-hydrogen) atoms. The van der Waals surface area contributed by atoms with E-state index in [1.54, 1.807) is 0 Å². The Hall–Kier alpha value is -1.60. The van der Waals surface area contributed by atoms with Gasteiger partial charge in [-0.1, -0.05) is 50.2 Å². The van der Waals surface area contributed by atoms with Gasteiger partial charge in [0.2, 0.25) is 0 Å². The van der Waals surface area contributed by atoms with Crippen molar-refractivity contribution in [1.29, 1.82) is 0 Å². The Bertz CT molecular complexity index is 538. The molecule has 0 saturated carbocycles. The largest absolute Gasteiger partial charge is 0.326 e. The average Bonchev–Trinajstić information content (AvgIpc) is 2.40. The Morgan fingerprint density at radius 2 is 1.58 bits per heavy atom. The molecule has 2 aromatic carbocycles. The fraction of sp³-hybridized carbons (Fsp3) is 0.333. The first kappa shape index (κ1) is 13.8. The maximum Gasteiger partial charge on any atom is 0.0178 e. The summed E-state index contributed by atoms with van der Waals surface area (Å²) in [6.45, 7) is 7.25. The molecule has 0 fully saturated rings. The molecule has 2 rings (SSSR count). The van der Waals surface area contributed by atoms with Gasteiger partial charge in [0.1, 0.15) is 0 Å². The molecule has 100 valence electrons. The number of rotatable bonds is 4. The Balaban J connectivity index is 2.31. The van der Waals surface area contributed by atoms with Gasteiger partial charge in [0.25, 0.3) is 0 Å². The van der Waals surface area contributed by atoms with Crippen molar-refractivity contribution < 1.29 is 0 Å². The second-order valence-corrected chi connectivity index (χ2v) is 5.65. The van der Waals surface area contributed by atoms with Gasteiger partial charge in [-0.3, -0.25) is 0 Å². The lowest BCUT2D eigenvalue weighted by Gasteiger charge is -2.10. The summed E-state index contributed by atoms with van der Waals surface area (Å²) in [6.07, 6.45) is 1.14. The first-order chi connectivity index (χ1) is 9.10. The maximum atomic E-state index is 5.73. The standard InChI is InChI=1S/C18H23N/c1-13(2)10-15-6-8-17(9-7-15)18-11-16(12-19)5-4-14(18)3/h4-9,11,13H,10,12,19H2,1-3H3. The van der Waals surface area contributed by atoms with Gasteiger partial charge in [-0.25, -0.2) is 0 Å². The Morgan fingerprint density at radius 1 is 0.947 bits per heavy atom. The van der Waals surface area contributed by atoms with Gasteiger partial charge >= 0.3 is 0 Å². The molecule has 0 unspecified atom stereocenters. The maximum absolute atomic E-state index is 5.73. The normalized spacial score (nSPS) is 11.0. The van der Waals surface area contributed by atoms with Crippen molar-refractivity contribution in [2.24, 2.45) is 11.7 Å². The van der Waals surface area contributed by atoms with E-state index < -0.39 is 0 Å². The van der Waals surface area contributed by atoms with Crippen molar-refractivity contribution in [2.45, 2.75) is 33.7 Å². The van der Waals surface area contributed by atoms with Crippen LogP contribution in [-0.2, 0) is 13.0 Å². The van der Waals surface area contributed by atoms with E-state index in [0.29, 0.717) is 12.5 Å². The van der Waals surface area contributed by atoms with Crippen molar-refractivity contribution in [3.05, 3.63) is 59.2 Å². The SMILES string of the molecule is Cc1ccc(CN)cc1-c1ccc(CC(C)C)cc1. The first-order valence-electron chi connectivity index (χ1n) is 6.99. The van der Waals surface area contributed by atoms with Crippen LogP contribution in [0.4, 0.5) is 0 Å². The van der Waals surface area contributed by atoms with E-state index in [2.05, 4.69) is 63.2 Å². The van der Waals surface area contributed by atoms with Gasteiger partial charge in [0, 0.05) is 6.54 Å². The lowest BCUT2D eigenvalue weighted by atomic mass is 9.95. The summed E-state index contributed by atoms with van der Waals surface area (Å²) in [4.78, 5) is 0. The lowest BCUT2D eigenvalue weighted by Crippen LogP contribution is -1.97. The minimum atomic E-state index is 0.596. The zero-order valence-electron chi connectivity index (χ0n) is 12.1. The first-order valence-corrected chi connectivity index (χ1v) is 6.99. The molecule has 1 heteroatoms. The zero-order valence-corrected chi connectivity index (χ0v) is 12.1. The van der Waals surface area contributed by atoms with Crippen LogP contribution < -0.4 is 5.73 Å². The van der Waals surface area contributed by atoms with Crippen LogP contribution in [0.3, 0.4) is 0 Å². The summed E-state index contributed by atoms with van der Waals surface area (Å²) in [6, 6.07) is 15.4. The van der Waals surface area contributed by atoms with E-state index in [0.717, 1.165) is 6.42 Å². The molecular formula is C18H23N. The number of hydrogen-bond acceptors (Lipinski definition) is 1. The summed E-state index contributed by atoms with van der Waals surface area (Å²) >= 11 is 0. The molecule has 0 radical (unpaired) electrons. The van der Waals surface area contributed by atoms with E-state index in [4.69, 9.17) is 5.73 Å². The highest BCUT2D eigenvalue weighted by Gasteiger charge is 2.04. The molecule has 0 saturated heterocycles. The van der Waals surface area contributed by atoms with Gasteiger partial charge in [-0.15, -0.1) is 0 Å². The molecule has 0 atom stereocenters. The van der Waals surface area contributed by atoms with E-state index in [9.17, 15) is 0 Å². The van der Waals surface area contributed by atoms with Crippen LogP contribution in [0, 0.1) is 12.8 Å². The molecule has 0 heterocycles. The summed E-state index contributed by atoms with van der Waals surface area (Å²) < 4.78 is 0. The molecule has 1 nitrogen and oxygen atoms in total. The van der Waals surface area contributed by atoms with Crippen molar-refractivity contribution in [1.82, 2.24) is 0 Å². The van der Waals surface area contributed by atoms with Gasteiger partial charge in [-0.2, -0.15) is 0 Å². The predicted molar refractivity (Wildman–Crippen MR) is 83.0 cm³/mol. The quantitative estimate of drug-likeness (QED) is 0.863. The van der Waals surface area contributed by atoms with Crippen molar-refractivity contribution in [3.63, 3.8) is 0 Å². The Kier molecular flexibility index (Phi) is 4.39. The molecule has 2 aromatic rings. The van der Waals surface area contributed by atoms with Crippen LogP contribution in [0.15, 0.2) is 42.5 Å². The average molecular weight is 253 g/mol. The lowest BCUT2D eigenvalue weighted by molar-refractivity contribution is 0.647. The summed E-state index contributed by atoms with van der Waals surface area (Å²) in [7, 11) is 0. The summed E-state index contributed by atoms with van der Waals surface area (Å²) in [5.41, 5.74) is 12.2. The molecule has 0 amide bonds. The molecule has 0 bridgehead atoms. The topological polar surface area (TPSA) is 26.0 Å². The highest BCUT2D eigenvalue weighted by molar-refractivity contribution is 5.68. The fourth-order valence-electron chi connectivity index (χ4n) is 2.40. The van der Waals surface area contributed by atoms with Gasteiger partial charge in [0.15, 0.2) is 0 Å². The highest BCUT2D eigenvalue weighted by Crippen LogP contribution is 2.25. The summed E-state index contributed by atoms with van der Waals surface area (Å²) in [5, 5.41) is 0.